The van der Waals surface area contributed by atoms with E-state index in [1.165, 1.54) is 12.6 Å². The topological polar surface area (TPSA) is 106 Å². The number of nitrogens with two attached hydrogens (primary N) is 1. The van der Waals surface area contributed by atoms with Crippen LogP contribution in [0.2, 0.25) is 0 Å². The molecule has 2 amide bonds. The highest BCUT2D eigenvalue weighted by Crippen LogP contribution is 2.39. The van der Waals surface area contributed by atoms with E-state index in [2.05, 4.69) is 15.6 Å². The van der Waals surface area contributed by atoms with Gasteiger partial charge < -0.3 is 21.1 Å². The number of aromatic nitrogens is 1. The van der Waals surface area contributed by atoms with Crippen LogP contribution in [0.25, 0.3) is 0 Å². The highest BCUT2D eigenvalue weighted by molar-refractivity contribution is 5.93. The normalized spacial score (nSPS) is 15.4. The second kappa shape index (κ2) is 9.52. The maximum Gasteiger partial charge on any atom is 0.269 e. The van der Waals surface area contributed by atoms with Crippen molar-refractivity contribution in [2.75, 3.05) is 18.9 Å². The van der Waals surface area contributed by atoms with Gasteiger partial charge in [-0.05, 0) is 43.0 Å². The van der Waals surface area contributed by atoms with Crippen molar-refractivity contribution in [1.82, 2.24) is 10.3 Å². The zero-order chi connectivity index (χ0) is 20.7. The molecule has 1 aliphatic rings. The number of ether oxygens (including phenoxy) is 1. The Bertz CT molecular complexity index is 863. The molecule has 1 aromatic heterocycles. The molecule has 1 fully saturated rings. The summed E-state index contributed by atoms with van der Waals surface area (Å²) in [4.78, 5) is 28.6. The molecule has 0 unspecified atom stereocenters. The largest absolute Gasteiger partial charge is 0.455 e. The summed E-state index contributed by atoms with van der Waals surface area (Å²) in [6.07, 6.45) is 7.37. The highest BCUT2D eigenvalue weighted by atomic mass is 16.5. The molecule has 1 aliphatic carbocycles. The second-order valence-corrected chi connectivity index (χ2v) is 7.54. The van der Waals surface area contributed by atoms with Gasteiger partial charge in [0, 0.05) is 25.7 Å². The number of anilines is 1. The molecule has 2 aromatic rings. The fourth-order valence-electron chi connectivity index (χ4n) is 3.80. The minimum Gasteiger partial charge on any atom is -0.455 e. The Morgan fingerprint density at radius 1 is 1.17 bits per heavy atom. The van der Waals surface area contributed by atoms with Crippen molar-refractivity contribution >= 4 is 17.5 Å². The van der Waals surface area contributed by atoms with Gasteiger partial charge in [0.1, 0.15) is 11.4 Å². The van der Waals surface area contributed by atoms with Crippen molar-refractivity contribution in [2.24, 2.45) is 11.1 Å². The Morgan fingerprint density at radius 2 is 1.93 bits per heavy atom. The van der Waals surface area contributed by atoms with Crippen LogP contribution in [0.5, 0.6) is 11.5 Å². The number of hydrogen-bond donors (Lipinski definition) is 3. The summed E-state index contributed by atoms with van der Waals surface area (Å²) in [5.41, 5.74) is 6.75. The zero-order valence-corrected chi connectivity index (χ0v) is 16.7. The van der Waals surface area contributed by atoms with E-state index in [1.807, 2.05) is 12.1 Å². The number of nitrogens with zero attached hydrogens (tertiary/aromatic N) is 1. The highest BCUT2D eigenvalue weighted by Gasteiger charge is 2.33. The number of para-hydroxylation sites is 2. The van der Waals surface area contributed by atoms with Gasteiger partial charge in [-0.25, -0.2) is 0 Å². The number of nitrogens with one attached hydrogen (secondary N) is 2. The van der Waals surface area contributed by atoms with Gasteiger partial charge in [0.25, 0.3) is 5.91 Å². The van der Waals surface area contributed by atoms with E-state index in [4.69, 9.17) is 10.5 Å². The van der Waals surface area contributed by atoms with Crippen LogP contribution in [0.3, 0.4) is 0 Å². The molecule has 4 N–H and O–H groups in total. The lowest BCUT2D eigenvalue weighted by Gasteiger charge is -2.35. The third kappa shape index (κ3) is 5.32. The molecule has 0 atom stereocenters. The summed E-state index contributed by atoms with van der Waals surface area (Å²) < 4.78 is 5.93. The smallest absolute Gasteiger partial charge is 0.269 e. The average molecular weight is 396 g/mol. The van der Waals surface area contributed by atoms with E-state index in [-0.39, 0.29) is 22.9 Å². The number of hydrogen-bond acceptors (Lipinski definition) is 5. The minimum atomic E-state index is -0.295. The maximum atomic E-state index is 12.7. The second-order valence-electron chi connectivity index (χ2n) is 7.54. The van der Waals surface area contributed by atoms with Crippen LogP contribution in [0.4, 0.5) is 5.69 Å². The van der Waals surface area contributed by atoms with Gasteiger partial charge in [-0.15, -0.1) is 0 Å². The van der Waals surface area contributed by atoms with Gasteiger partial charge in [0.2, 0.25) is 5.91 Å². The van der Waals surface area contributed by atoms with Crippen molar-refractivity contribution in [3.8, 4) is 11.5 Å². The molecule has 7 nitrogen and oxygen atoms in total. The summed E-state index contributed by atoms with van der Waals surface area (Å²) in [6, 6.07) is 10.5. The Balaban J connectivity index is 1.72. The summed E-state index contributed by atoms with van der Waals surface area (Å²) >= 11 is 0. The lowest BCUT2D eigenvalue weighted by molar-refractivity contribution is -0.118. The first kappa shape index (κ1) is 20.8. The summed E-state index contributed by atoms with van der Waals surface area (Å²) in [7, 11) is 1.54. The Kier molecular flexibility index (Phi) is 6.82. The molecule has 1 aromatic carbocycles. The number of pyridine rings is 1. The van der Waals surface area contributed by atoms with E-state index in [0.717, 1.165) is 25.7 Å². The molecule has 0 aliphatic heterocycles. The van der Waals surface area contributed by atoms with Crippen LogP contribution in [0.1, 0.15) is 49.0 Å². The van der Waals surface area contributed by atoms with Crippen LogP contribution < -0.4 is 21.1 Å². The first-order valence-electron chi connectivity index (χ1n) is 10.0. The molecular formula is C22H28N4O3. The number of carbonyl (C=O) groups is 2. The molecule has 0 saturated heterocycles. The van der Waals surface area contributed by atoms with Gasteiger partial charge in [-0.2, -0.15) is 0 Å². The fraction of sp³-hybridized carbons (Fsp3) is 0.409. The van der Waals surface area contributed by atoms with E-state index in [1.54, 1.807) is 31.3 Å². The summed E-state index contributed by atoms with van der Waals surface area (Å²) in [5, 5.41) is 5.50. The van der Waals surface area contributed by atoms with Crippen molar-refractivity contribution in [3.63, 3.8) is 0 Å². The molecule has 1 heterocycles. The van der Waals surface area contributed by atoms with Crippen LogP contribution in [-0.2, 0) is 4.79 Å². The average Bonchev–Trinajstić information content (AvgIpc) is 2.75. The standard InChI is InChI=1S/C22H28N4O3/c1-24-21(28)18-13-16(9-12-25-18)29-19-8-4-3-7-17(19)26-20(27)14-22(15-23)10-5-2-6-11-22/h3-4,7-9,12-13H,2,5-6,10-11,14-15,23H2,1H3,(H,24,28)(H,26,27). The lowest BCUT2D eigenvalue weighted by atomic mass is 9.71. The molecule has 0 radical (unpaired) electrons. The predicted octanol–water partition coefficient (Wildman–Crippen LogP) is 3.47. The summed E-state index contributed by atoms with van der Waals surface area (Å²) in [5.74, 6) is 0.608. The van der Waals surface area contributed by atoms with Crippen molar-refractivity contribution in [3.05, 3.63) is 48.3 Å². The maximum absolute atomic E-state index is 12.7. The number of rotatable bonds is 7. The zero-order valence-electron chi connectivity index (χ0n) is 16.7. The molecule has 3 rings (SSSR count). The Morgan fingerprint density at radius 3 is 2.66 bits per heavy atom. The van der Waals surface area contributed by atoms with Gasteiger partial charge in [0.05, 0.1) is 5.69 Å². The Hall–Kier alpha value is -2.93. The SMILES string of the molecule is CNC(=O)c1cc(Oc2ccccc2NC(=O)CC2(CN)CCCCC2)ccn1. The van der Waals surface area contributed by atoms with E-state index in [0.29, 0.717) is 30.2 Å². The first-order valence-corrected chi connectivity index (χ1v) is 10.0. The van der Waals surface area contributed by atoms with E-state index < -0.39 is 0 Å². The van der Waals surface area contributed by atoms with Crippen molar-refractivity contribution < 1.29 is 14.3 Å². The molecule has 154 valence electrons. The van der Waals surface area contributed by atoms with E-state index >= 15 is 0 Å². The molecule has 1 saturated carbocycles. The minimum absolute atomic E-state index is 0.0609. The quantitative estimate of drug-likeness (QED) is 0.664. The summed E-state index contributed by atoms with van der Waals surface area (Å²) in [6.45, 7) is 0.526. The molecule has 0 spiro atoms. The van der Waals surface area contributed by atoms with Crippen molar-refractivity contribution in [1.29, 1.82) is 0 Å². The van der Waals surface area contributed by atoms with Gasteiger partial charge >= 0.3 is 0 Å². The van der Waals surface area contributed by atoms with Crippen LogP contribution in [0, 0.1) is 5.41 Å². The van der Waals surface area contributed by atoms with E-state index in [9.17, 15) is 9.59 Å². The van der Waals surface area contributed by atoms with Gasteiger partial charge in [-0.3, -0.25) is 14.6 Å². The van der Waals surface area contributed by atoms with Crippen LogP contribution in [0.15, 0.2) is 42.6 Å². The first-order chi connectivity index (χ1) is 14.0. The predicted molar refractivity (Wildman–Crippen MR) is 112 cm³/mol. The molecule has 7 heteroatoms. The van der Waals surface area contributed by atoms with Crippen LogP contribution in [-0.4, -0.2) is 30.4 Å². The number of benzene rings is 1. The third-order valence-corrected chi connectivity index (χ3v) is 5.46. The monoisotopic (exact) mass is 396 g/mol. The Labute approximate surface area is 171 Å². The van der Waals surface area contributed by atoms with Gasteiger partial charge in [0.15, 0.2) is 5.75 Å². The molecule has 0 bridgehead atoms. The van der Waals surface area contributed by atoms with Crippen molar-refractivity contribution in [2.45, 2.75) is 38.5 Å². The lowest BCUT2D eigenvalue weighted by Crippen LogP contribution is -2.36. The number of amides is 2. The molecular weight excluding hydrogens is 368 g/mol. The van der Waals surface area contributed by atoms with Gasteiger partial charge in [-0.1, -0.05) is 31.4 Å². The van der Waals surface area contributed by atoms with Crippen LogP contribution >= 0.6 is 0 Å². The molecule has 29 heavy (non-hydrogen) atoms. The fourth-order valence-corrected chi connectivity index (χ4v) is 3.80. The number of carbonyl (C=O) groups excluding carboxylic acids is 2. The third-order valence-electron chi connectivity index (χ3n) is 5.46.